The van der Waals surface area contributed by atoms with Gasteiger partial charge in [-0.15, -0.1) is 22.7 Å². The van der Waals surface area contributed by atoms with Crippen molar-refractivity contribution in [3.63, 3.8) is 0 Å². The van der Waals surface area contributed by atoms with Gasteiger partial charge < -0.3 is 0 Å². The number of thiazole rings is 1. The minimum absolute atomic E-state index is 0.457. The van der Waals surface area contributed by atoms with Gasteiger partial charge in [-0.1, -0.05) is 140 Å². The summed E-state index contributed by atoms with van der Waals surface area (Å²) in [5, 5.41) is 3.72. The maximum atomic E-state index is 5.18. The van der Waals surface area contributed by atoms with Crippen LogP contribution in [0.2, 0.25) is 0 Å². The molecule has 3 aliphatic carbocycles. The first-order valence-electron chi connectivity index (χ1n) is 18.6. The molecule has 0 N–H and O–H groups in total. The molecule has 2 aromatic heterocycles. The van der Waals surface area contributed by atoms with Crippen LogP contribution >= 0.6 is 22.7 Å². The van der Waals surface area contributed by atoms with Gasteiger partial charge in [-0.25, -0.2) is 4.98 Å². The van der Waals surface area contributed by atoms with Crippen molar-refractivity contribution >= 4 is 53.1 Å². The van der Waals surface area contributed by atoms with Crippen molar-refractivity contribution < 1.29 is 0 Å². The molecule has 0 amide bonds. The van der Waals surface area contributed by atoms with Crippen LogP contribution in [0, 0.1) is 0 Å². The average molecular weight is 720 g/mol. The summed E-state index contributed by atoms with van der Waals surface area (Å²) in [6, 6.07) is 66.7. The summed E-state index contributed by atoms with van der Waals surface area (Å²) in [7, 11) is 0. The molecule has 54 heavy (non-hydrogen) atoms. The monoisotopic (exact) mass is 719 g/mol. The largest absolute Gasteiger partial charge is 0.236 e. The van der Waals surface area contributed by atoms with Gasteiger partial charge in [-0.2, -0.15) is 0 Å². The van der Waals surface area contributed by atoms with Gasteiger partial charge in [0.1, 0.15) is 5.01 Å². The fraction of sp³-hybridized carbons (Fsp3) is 0.0392. The van der Waals surface area contributed by atoms with E-state index in [0.717, 1.165) is 10.5 Å². The Kier molecular flexibility index (Phi) is 5.59. The maximum Gasteiger partial charge on any atom is 0.124 e. The predicted molar refractivity (Wildman–Crippen MR) is 226 cm³/mol. The van der Waals surface area contributed by atoms with Crippen LogP contribution in [0.4, 0.5) is 0 Å². The van der Waals surface area contributed by atoms with Crippen molar-refractivity contribution in [2.24, 2.45) is 0 Å². The third kappa shape index (κ3) is 3.40. The summed E-state index contributed by atoms with van der Waals surface area (Å²) in [6.45, 7) is 0. The number of fused-ring (bicyclic) bond motifs is 20. The van der Waals surface area contributed by atoms with E-state index in [2.05, 4.69) is 176 Å². The van der Waals surface area contributed by atoms with Gasteiger partial charge in [0.05, 0.1) is 21.0 Å². The molecule has 8 aromatic carbocycles. The van der Waals surface area contributed by atoms with Crippen LogP contribution in [0.15, 0.2) is 176 Å². The smallest absolute Gasteiger partial charge is 0.124 e. The molecule has 250 valence electrons. The molecule has 3 aliphatic rings. The number of para-hydroxylation sites is 1. The molecule has 0 atom stereocenters. The minimum atomic E-state index is -0.549. The van der Waals surface area contributed by atoms with Crippen molar-refractivity contribution in [2.45, 2.75) is 10.8 Å². The SMILES string of the molecule is c1ccc2c(c1)-c1ccccc1C21c2ccccc2C2(c3cc(-c4nc5ccccc5s4)ccc3-c3cc4c(cc32)sc2ccccc24)c2ccccc21. The van der Waals surface area contributed by atoms with E-state index in [9.17, 15) is 0 Å². The molecule has 3 heteroatoms. The van der Waals surface area contributed by atoms with E-state index in [1.807, 2.05) is 11.3 Å². The van der Waals surface area contributed by atoms with Crippen molar-refractivity contribution in [3.8, 4) is 32.8 Å². The number of thiophene rings is 1. The number of rotatable bonds is 1. The molecule has 0 aliphatic heterocycles. The van der Waals surface area contributed by atoms with Gasteiger partial charge in [0.15, 0.2) is 0 Å². The van der Waals surface area contributed by atoms with Crippen LogP contribution in [0.25, 0.3) is 63.2 Å². The van der Waals surface area contributed by atoms with Crippen LogP contribution in [0.1, 0.15) is 44.5 Å². The highest BCUT2D eigenvalue weighted by molar-refractivity contribution is 7.25. The van der Waals surface area contributed by atoms with E-state index < -0.39 is 10.8 Å². The van der Waals surface area contributed by atoms with Crippen LogP contribution in [-0.2, 0) is 10.8 Å². The van der Waals surface area contributed by atoms with Gasteiger partial charge in [-0.3, -0.25) is 0 Å². The maximum absolute atomic E-state index is 5.18. The summed E-state index contributed by atoms with van der Waals surface area (Å²) in [5.74, 6) is 0. The highest BCUT2D eigenvalue weighted by Crippen LogP contribution is 2.68. The quantitative estimate of drug-likeness (QED) is 0.165. The Morgan fingerprint density at radius 3 is 1.52 bits per heavy atom. The lowest BCUT2D eigenvalue weighted by atomic mass is 9.52. The van der Waals surface area contributed by atoms with Crippen molar-refractivity contribution in [2.75, 3.05) is 0 Å². The van der Waals surface area contributed by atoms with E-state index in [1.54, 1.807) is 11.3 Å². The van der Waals surface area contributed by atoms with Crippen LogP contribution in [-0.4, -0.2) is 4.98 Å². The van der Waals surface area contributed by atoms with Crippen molar-refractivity contribution in [1.29, 1.82) is 0 Å². The molecule has 0 saturated carbocycles. The fourth-order valence-electron chi connectivity index (χ4n) is 10.6. The second kappa shape index (κ2) is 10.3. The molecular formula is C51H29NS2. The molecule has 2 spiro atoms. The molecule has 2 heterocycles. The van der Waals surface area contributed by atoms with Crippen LogP contribution in [0.3, 0.4) is 0 Å². The lowest BCUT2D eigenvalue weighted by molar-refractivity contribution is 0.633. The number of nitrogens with zero attached hydrogens (tertiary/aromatic N) is 1. The Hall–Kier alpha value is -6.13. The standard InChI is InChI=1S/C51H29NS2/c1-4-16-37-31(13-1)32-14-2-5-17-38(32)50(37)39-18-6-8-20-41(39)51(42-21-9-7-19-40(42)50)43-27-30(49-52-45-22-10-12-24-47(45)54-49)25-26-33(43)35-28-36-34-15-3-11-23-46(34)53-48(36)29-44(35)51/h1-29H. The van der Waals surface area contributed by atoms with Crippen LogP contribution in [0.5, 0.6) is 0 Å². The topological polar surface area (TPSA) is 12.9 Å². The first-order chi connectivity index (χ1) is 26.8. The Labute approximate surface area is 320 Å². The molecule has 0 unspecified atom stereocenters. The third-order valence-corrected chi connectivity index (χ3v) is 14.8. The Morgan fingerprint density at radius 1 is 0.333 bits per heavy atom. The highest BCUT2D eigenvalue weighted by atomic mass is 32.1. The molecule has 0 saturated heterocycles. The number of benzene rings is 8. The third-order valence-electron chi connectivity index (χ3n) is 12.6. The molecular weight excluding hydrogens is 691 g/mol. The van der Waals surface area contributed by atoms with E-state index >= 15 is 0 Å². The second-order valence-electron chi connectivity index (χ2n) is 14.9. The zero-order valence-electron chi connectivity index (χ0n) is 29.0. The molecule has 0 fully saturated rings. The zero-order valence-corrected chi connectivity index (χ0v) is 30.6. The Balaban J connectivity index is 1.21. The molecule has 0 radical (unpaired) electrons. The second-order valence-corrected chi connectivity index (χ2v) is 17.0. The molecule has 0 bridgehead atoms. The zero-order chi connectivity index (χ0) is 35.2. The summed E-state index contributed by atoms with van der Waals surface area (Å²) in [5.41, 5.74) is 17.4. The molecule has 1 nitrogen and oxygen atoms in total. The minimum Gasteiger partial charge on any atom is -0.236 e. The lowest BCUT2D eigenvalue weighted by Gasteiger charge is -2.48. The van der Waals surface area contributed by atoms with E-state index in [0.29, 0.717) is 0 Å². The summed E-state index contributed by atoms with van der Waals surface area (Å²) in [4.78, 5) is 5.18. The van der Waals surface area contributed by atoms with Crippen molar-refractivity contribution in [3.05, 3.63) is 220 Å². The van der Waals surface area contributed by atoms with E-state index in [-0.39, 0.29) is 0 Å². The normalized spacial score (nSPS) is 15.0. The van der Waals surface area contributed by atoms with E-state index in [4.69, 9.17) is 4.98 Å². The van der Waals surface area contributed by atoms with Crippen molar-refractivity contribution in [1.82, 2.24) is 4.98 Å². The van der Waals surface area contributed by atoms with Gasteiger partial charge in [0.2, 0.25) is 0 Å². The highest BCUT2D eigenvalue weighted by Gasteiger charge is 2.59. The summed E-state index contributed by atoms with van der Waals surface area (Å²) >= 11 is 3.69. The van der Waals surface area contributed by atoms with Gasteiger partial charge in [-0.05, 0) is 103 Å². The molecule has 13 rings (SSSR count). The van der Waals surface area contributed by atoms with Gasteiger partial charge in [0, 0.05) is 25.7 Å². The first-order valence-corrected chi connectivity index (χ1v) is 20.3. The molecule has 10 aromatic rings. The summed E-state index contributed by atoms with van der Waals surface area (Å²) in [6.07, 6.45) is 0. The summed E-state index contributed by atoms with van der Waals surface area (Å²) < 4.78 is 3.88. The lowest BCUT2D eigenvalue weighted by Crippen LogP contribution is -2.43. The number of aromatic nitrogens is 1. The van der Waals surface area contributed by atoms with Crippen LogP contribution < -0.4 is 0 Å². The number of hydrogen-bond acceptors (Lipinski definition) is 3. The first kappa shape index (κ1) is 29.3. The van der Waals surface area contributed by atoms with Gasteiger partial charge in [0.25, 0.3) is 0 Å². The predicted octanol–water partition coefficient (Wildman–Crippen LogP) is 13.4. The average Bonchev–Trinajstić information content (AvgIpc) is 3.97. The fourth-order valence-corrected chi connectivity index (χ4v) is 12.7. The Bertz CT molecular complexity index is 3120. The number of hydrogen-bond donors (Lipinski definition) is 0. The van der Waals surface area contributed by atoms with Gasteiger partial charge >= 0.3 is 0 Å². The van der Waals surface area contributed by atoms with E-state index in [1.165, 1.54) is 97.2 Å². The Morgan fingerprint density at radius 2 is 0.852 bits per heavy atom.